The Bertz CT molecular complexity index is 525. The minimum Gasteiger partial charge on any atom is -0.508 e. The molecule has 5 nitrogen and oxygen atoms in total. The number of fused-ring (bicyclic) bond motifs is 2. The number of hydrogen-bond donors (Lipinski definition) is 3. The van der Waals surface area contributed by atoms with Crippen molar-refractivity contribution in [3.05, 3.63) is 23.8 Å². The average Bonchev–Trinajstić information content (AvgIpc) is 2.88. The van der Waals surface area contributed by atoms with E-state index in [2.05, 4.69) is 5.32 Å². The van der Waals surface area contributed by atoms with Gasteiger partial charge < -0.3 is 15.5 Å². The van der Waals surface area contributed by atoms with Crippen molar-refractivity contribution < 1.29 is 19.8 Å². The fourth-order valence-electron chi connectivity index (χ4n) is 2.49. The highest BCUT2D eigenvalue weighted by Crippen LogP contribution is 2.60. The van der Waals surface area contributed by atoms with E-state index in [1.54, 1.807) is 6.07 Å². The highest BCUT2D eigenvalue weighted by Gasteiger charge is 2.68. The number of rotatable bonds is 1. The van der Waals surface area contributed by atoms with Crippen LogP contribution in [0.5, 0.6) is 5.75 Å². The van der Waals surface area contributed by atoms with Crippen LogP contribution in [0.1, 0.15) is 12.0 Å². The Kier molecular flexibility index (Phi) is 1.47. The van der Waals surface area contributed by atoms with Crippen molar-refractivity contribution in [1.82, 2.24) is 0 Å². The zero-order valence-corrected chi connectivity index (χ0v) is 8.23. The third-order valence-electron chi connectivity index (χ3n) is 3.40. The van der Waals surface area contributed by atoms with Gasteiger partial charge in [-0.2, -0.15) is 0 Å². The summed E-state index contributed by atoms with van der Waals surface area (Å²) in [5.74, 6) is -1.81. The lowest BCUT2D eigenvalue weighted by atomic mass is 9.95. The molecule has 0 bridgehead atoms. The van der Waals surface area contributed by atoms with E-state index in [1.165, 1.54) is 12.1 Å². The zero-order valence-electron chi connectivity index (χ0n) is 8.23. The van der Waals surface area contributed by atoms with Crippen LogP contribution < -0.4 is 5.32 Å². The second-order valence-corrected chi connectivity index (χ2v) is 4.25. The fourth-order valence-corrected chi connectivity index (χ4v) is 2.49. The summed E-state index contributed by atoms with van der Waals surface area (Å²) in [6.07, 6.45) is 0.339. The van der Waals surface area contributed by atoms with Crippen LogP contribution in [0.4, 0.5) is 5.69 Å². The number of carbonyl (C=O) groups excluding carboxylic acids is 1. The maximum absolute atomic E-state index is 11.8. The molecule has 5 heteroatoms. The highest BCUT2D eigenvalue weighted by atomic mass is 16.4. The van der Waals surface area contributed by atoms with Crippen molar-refractivity contribution >= 4 is 17.6 Å². The summed E-state index contributed by atoms with van der Waals surface area (Å²) in [4.78, 5) is 22.7. The van der Waals surface area contributed by atoms with Gasteiger partial charge in [0, 0.05) is 11.8 Å². The van der Waals surface area contributed by atoms with E-state index in [9.17, 15) is 14.7 Å². The molecule has 3 N–H and O–H groups in total. The molecule has 2 aliphatic rings. The summed E-state index contributed by atoms with van der Waals surface area (Å²) < 4.78 is 0. The van der Waals surface area contributed by atoms with Gasteiger partial charge >= 0.3 is 5.97 Å². The van der Waals surface area contributed by atoms with Gasteiger partial charge in [0.25, 0.3) is 0 Å². The lowest BCUT2D eigenvalue weighted by Gasteiger charge is -2.05. The molecule has 1 aromatic carbocycles. The van der Waals surface area contributed by atoms with E-state index in [4.69, 9.17) is 5.11 Å². The van der Waals surface area contributed by atoms with E-state index in [0.29, 0.717) is 17.7 Å². The third-order valence-corrected chi connectivity index (χ3v) is 3.40. The molecule has 0 aromatic heterocycles. The number of benzene rings is 1. The zero-order chi connectivity index (χ0) is 11.5. The van der Waals surface area contributed by atoms with Crippen molar-refractivity contribution in [2.75, 3.05) is 5.32 Å². The molecule has 0 radical (unpaired) electrons. The summed E-state index contributed by atoms with van der Waals surface area (Å²) in [6.45, 7) is 0. The largest absolute Gasteiger partial charge is 0.508 e. The van der Waals surface area contributed by atoms with E-state index >= 15 is 0 Å². The molecule has 82 valence electrons. The molecule has 1 aromatic rings. The predicted octanol–water partition coefficient (Wildman–Crippen LogP) is 0.687. The minimum atomic E-state index is -0.948. The van der Waals surface area contributed by atoms with Gasteiger partial charge in [-0.15, -0.1) is 0 Å². The summed E-state index contributed by atoms with van der Waals surface area (Å²) in [5.41, 5.74) is 0.311. The molecule has 2 atom stereocenters. The number of aromatic hydroxyl groups is 1. The minimum absolute atomic E-state index is 0.0589. The van der Waals surface area contributed by atoms with Gasteiger partial charge in [0.1, 0.15) is 5.75 Å². The number of hydrogen-bond acceptors (Lipinski definition) is 3. The number of carboxylic acids is 1. The fraction of sp³-hybridized carbons (Fsp3) is 0.273. The standard InChI is InChI=1S/C11H9NO4/c13-5-1-2-6-8(3-5)12-10(16)11(6)4-7(11)9(14)15/h1-3,7,13H,4H2,(H,12,16)(H,14,15). The molecule has 1 fully saturated rings. The molecule has 2 unspecified atom stereocenters. The van der Waals surface area contributed by atoms with E-state index < -0.39 is 17.3 Å². The molecular weight excluding hydrogens is 210 g/mol. The van der Waals surface area contributed by atoms with Gasteiger partial charge in [0.15, 0.2) is 0 Å². The number of nitrogens with one attached hydrogen (secondary N) is 1. The summed E-state index contributed by atoms with van der Waals surface area (Å²) >= 11 is 0. The Labute approximate surface area is 90.7 Å². The summed E-state index contributed by atoms with van der Waals surface area (Å²) in [7, 11) is 0. The monoisotopic (exact) mass is 219 g/mol. The number of amides is 1. The first kappa shape index (κ1) is 9.21. The van der Waals surface area contributed by atoms with Crippen LogP contribution in [0.3, 0.4) is 0 Å². The first-order chi connectivity index (χ1) is 7.55. The van der Waals surface area contributed by atoms with Crippen LogP contribution in [0.25, 0.3) is 0 Å². The molecule has 1 saturated carbocycles. The van der Waals surface area contributed by atoms with Gasteiger partial charge in [-0.1, -0.05) is 6.07 Å². The molecule has 3 rings (SSSR count). The van der Waals surface area contributed by atoms with Crippen molar-refractivity contribution in [1.29, 1.82) is 0 Å². The smallest absolute Gasteiger partial charge is 0.307 e. The average molecular weight is 219 g/mol. The Balaban J connectivity index is 2.12. The maximum atomic E-state index is 11.8. The molecule has 16 heavy (non-hydrogen) atoms. The molecule has 1 spiro atoms. The lowest BCUT2D eigenvalue weighted by Crippen LogP contribution is -2.23. The van der Waals surface area contributed by atoms with Crippen LogP contribution in [-0.2, 0) is 15.0 Å². The first-order valence-corrected chi connectivity index (χ1v) is 4.93. The predicted molar refractivity (Wildman–Crippen MR) is 54.2 cm³/mol. The second kappa shape index (κ2) is 2.55. The van der Waals surface area contributed by atoms with Crippen LogP contribution in [0, 0.1) is 5.92 Å². The van der Waals surface area contributed by atoms with Crippen LogP contribution in [0.15, 0.2) is 18.2 Å². The number of carboxylic acid groups (broad SMARTS) is 1. The van der Waals surface area contributed by atoms with Gasteiger partial charge in [-0.25, -0.2) is 0 Å². The van der Waals surface area contributed by atoms with E-state index in [1.807, 2.05) is 0 Å². The topological polar surface area (TPSA) is 86.6 Å². The molecule has 1 heterocycles. The van der Waals surface area contributed by atoms with Crippen LogP contribution in [0.2, 0.25) is 0 Å². The van der Waals surface area contributed by atoms with Crippen LogP contribution in [-0.4, -0.2) is 22.1 Å². The normalized spacial score (nSPS) is 30.0. The van der Waals surface area contributed by atoms with Crippen molar-refractivity contribution in [2.45, 2.75) is 11.8 Å². The van der Waals surface area contributed by atoms with E-state index in [-0.39, 0.29) is 11.7 Å². The lowest BCUT2D eigenvalue weighted by molar-refractivity contribution is -0.140. The Morgan fingerprint density at radius 2 is 2.25 bits per heavy atom. The number of carbonyl (C=O) groups is 2. The SMILES string of the molecule is O=C(O)C1CC12C(=O)Nc1cc(O)ccc12. The number of phenolic OH excluding ortho intramolecular Hbond substituents is 1. The molecule has 0 saturated heterocycles. The Morgan fingerprint density at radius 1 is 1.50 bits per heavy atom. The van der Waals surface area contributed by atoms with Gasteiger partial charge in [0.2, 0.25) is 5.91 Å². The molecule has 1 amide bonds. The second-order valence-electron chi connectivity index (χ2n) is 4.25. The number of phenols is 1. The first-order valence-electron chi connectivity index (χ1n) is 4.93. The molecule has 1 aliphatic carbocycles. The van der Waals surface area contributed by atoms with Crippen molar-refractivity contribution in [3.8, 4) is 5.75 Å². The highest BCUT2D eigenvalue weighted by molar-refractivity contribution is 6.12. The van der Waals surface area contributed by atoms with Crippen LogP contribution >= 0.6 is 0 Å². The van der Waals surface area contributed by atoms with Gasteiger partial charge in [-0.05, 0) is 18.1 Å². The third kappa shape index (κ3) is 0.900. The summed E-state index contributed by atoms with van der Waals surface area (Å²) in [6, 6.07) is 4.53. The molecule has 1 aliphatic heterocycles. The van der Waals surface area contributed by atoms with Crippen molar-refractivity contribution in [2.24, 2.45) is 5.92 Å². The van der Waals surface area contributed by atoms with Crippen molar-refractivity contribution in [3.63, 3.8) is 0 Å². The molecular formula is C11H9NO4. The van der Waals surface area contributed by atoms with Gasteiger partial charge in [0.05, 0.1) is 11.3 Å². The van der Waals surface area contributed by atoms with E-state index in [0.717, 1.165) is 0 Å². The maximum Gasteiger partial charge on any atom is 0.307 e. The Morgan fingerprint density at radius 3 is 2.88 bits per heavy atom. The number of anilines is 1. The quantitative estimate of drug-likeness (QED) is 0.648. The Hall–Kier alpha value is -2.04. The number of aliphatic carboxylic acids is 1. The summed E-state index contributed by atoms with van der Waals surface area (Å²) in [5, 5.41) is 20.8. The van der Waals surface area contributed by atoms with Gasteiger partial charge in [-0.3, -0.25) is 9.59 Å².